The Morgan fingerprint density at radius 1 is 0.878 bits per heavy atom. The van der Waals surface area contributed by atoms with Gasteiger partial charge in [-0.2, -0.15) is 0 Å². The summed E-state index contributed by atoms with van der Waals surface area (Å²) in [4.78, 5) is 36.3. The molecule has 6 rings (SSSR count). The molecule has 1 atom stereocenters. The van der Waals surface area contributed by atoms with Gasteiger partial charge in [-0.3, -0.25) is 19.8 Å². The molecule has 10 nitrogen and oxygen atoms in total. The number of fused-ring (bicyclic) bond motifs is 2. The van der Waals surface area contributed by atoms with E-state index in [9.17, 15) is 14.7 Å². The van der Waals surface area contributed by atoms with Crippen LogP contribution in [0, 0.1) is 0 Å². The molecule has 0 aliphatic carbocycles. The molecule has 41 heavy (non-hydrogen) atoms. The highest BCUT2D eigenvalue weighted by atomic mass is 16.5. The number of carbonyl (C=O) groups is 2. The number of hydrogen-bond donors (Lipinski definition) is 3. The number of aromatic nitrogens is 2. The number of aliphatic hydroxyl groups excluding tert-OH is 1. The summed E-state index contributed by atoms with van der Waals surface area (Å²) in [6.45, 7) is 3.80. The Morgan fingerprint density at radius 3 is 2.20 bits per heavy atom. The third-order valence-electron chi connectivity index (χ3n) is 8.01. The molecule has 2 amide bonds. The van der Waals surface area contributed by atoms with E-state index in [1.54, 1.807) is 6.20 Å². The van der Waals surface area contributed by atoms with Crippen LogP contribution < -0.4 is 15.1 Å². The van der Waals surface area contributed by atoms with E-state index in [0.717, 1.165) is 46.3 Å². The number of anilines is 2. The van der Waals surface area contributed by atoms with Crippen LogP contribution in [-0.4, -0.2) is 98.5 Å². The smallest absolute Gasteiger partial charge is 0.259 e. The molecule has 2 aliphatic heterocycles. The molecule has 3 N–H and O–H groups in total. The molecule has 4 aromatic rings. The van der Waals surface area contributed by atoms with Crippen LogP contribution in [0.4, 0.5) is 11.4 Å². The quantitative estimate of drug-likeness (QED) is 0.287. The molecule has 1 unspecified atom stereocenters. The van der Waals surface area contributed by atoms with Gasteiger partial charge in [-0.25, -0.2) is 0 Å². The standard InChI is InChI=1S/C31H36N6O4/c1-34(2)19-5-7-26-22(13-19)24(15-32-26)28-29(31(40)33-30(28)39)25-18-37(17-21(38)16-36-9-11-41-12-10-36)27-8-6-20(35(3)4)14-23(25)27/h5-8,13-15,18,21,32,38H,9-12,16-17H2,1-4H3,(H,33,39,40). The zero-order valence-corrected chi connectivity index (χ0v) is 23.9. The lowest BCUT2D eigenvalue weighted by Crippen LogP contribution is -2.41. The number of aromatic amines is 1. The minimum Gasteiger partial charge on any atom is -0.390 e. The van der Waals surface area contributed by atoms with Crippen LogP contribution in [0.15, 0.2) is 48.8 Å². The highest BCUT2D eigenvalue weighted by Crippen LogP contribution is 2.40. The first-order valence-electron chi connectivity index (χ1n) is 13.9. The van der Waals surface area contributed by atoms with Gasteiger partial charge in [-0.05, 0) is 36.4 Å². The lowest BCUT2D eigenvalue weighted by molar-refractivity contribution is -0.122. The SMILES string of the molecule is CN(C)c1ccc2[nH]cc(C3=C(c4cn(CC(O)CN5CCOCC5)c5ccc(N(C)C)cc45)C(=O)NC3=O)c2c1. The predicted octanol–water partition coefficient (Wildman–Crippen LogP) is 2.51. The first-order chi connectivity index (χ1) is 19.7. The van der Waals surface area contributed by atoms with Crippen molar-refractivity contribution in [3.63, 3.8) is 0 Å². The fourth-order valence-electron chi connectivity index (χ4n) is 5.84. The number of nitrogens with one attached hydrogen (secondary N) is 2. The van der Waals surface area contributed by atoms with E-state index >= 15 is 0 Å². The van der Waals surface area contributed by atoms with E-state index in [-0.39, 0.29) is 0 Å². The summed E-state index contributed by atoms with van der Waals surface area (Å²) >= 11 is 0. The summed E-state index contributed by atoms with van der Waals surface area (Å²) in [6, 6.07) is 12.1. The summed E-state index contributed by atoms with van der Waals surface area (Å²) in [6.07, 6.45) is 3.09. The van der Waals surface area contributed by atoms with Crippen molar-refractivity contribution in [2.45, 2.75) is 12.6 Å². The van der Waals surface area contributed by atoms with Gasteiger partial charge in [0, 0.05) is 111 Å². The number of hydrogen-bond acceptors (Lipinski definition) is 7. The number of nitrogens with zero attached hydrogens (tertiary/aromatic N) is 4. The van der Waals surface area contributed by atoms with Gasteiger partial charge in [-0.1, -0.05) is 0 Å². The van der Waals surface area contributed by atoms with Crippen LogP contribution >= 0.6 is 0 Å². The highest BCUT2D eigenvalue weighted by molar-refractivity contribution is 6.50. The minimum absolute atomic E-state index is 0.341. The maximum absolute atomic E-state index is 13.5. The van der Waals surface area contributed by atoms with E-state index in [4.69, 9.17) is 4.74 Å². The number of morpholine rings is 1. The van der Waals surface area contributed by atoms with Crippen LogP contribution in [0.1, 0.15) is 11.1 Å². The predicted molar refractivity (Wildman–Crippen MR) is 162 cm³/mol. The monoisotopic (exact) mass is 556 g/mol. The van der Waals surface area contributed by atoms with Gasteiger partial charge in [0.05, 0.1) is 30.5 Å². The summed E-state index contributed by atoms with van der Waals surface area (Å²) in [5.74, 6) is -0.843. The first kappa shape index (κ1) is 27.1. The molecule has 2 aliphatic rings. The molecule has 2 aromatic carbocycles. The minimum atomic E-state index is -0.615. The first-order valence-corrected chi connectivity index (χ1v) is 13.9. The number of carbonyl (C=O) groups excluding carboxylic acids is 2. The van der Waals surface area contributed by atoms with Crippen molar-refractivity contribution in [3.05, 3.63) is 59.9 Å². The fourth-order valence-corrected chi connectivity index (χ4v) is 5.84. The van der Waals surface area contributed by atoms with Crippen LogP contribution in [0.25, 0.3) is 33.0 Å². The van der Waals surface area contributed by atoms with Crippen LogP contribution in [-0.2, 0) is 20.9 Å². The number of H-pyrrole nitrogens is 1. The third-order valence-corrected chi connectivity index (χ3v) is 8.01. The molecular weight excluding hydrogens is 520 g/mol. The van der Waals surface area contributed by atoms with Gasteiger partial charge < -0.3 is 29.2 Å². The molecule has 1 saturated heterocycles. The summed E-state index contributed by atoms with van der Waals surface area (Å²) < 4.78 is 7.44. The molecule has 0 saturated carbocycles. The average Bonchev–Trinajstić information content (AvgIpc) is 3.60. The molecule has 4 heterocycles. The fraction of sp³-hybridized carbons (Fsp3) is 0.355. The van der Waals surface area contributed by atoms with Gasteiger partial charge in [-0.15, -0.1) is 0 Å². The lowest BCUT2D eigenvalue weighted by atomic mass is 9.95. The second-order valence-corrected chi connectivity index (χ2v) is 11.2. The number of imide groups is 1. The molecule has 1 fully saturated rings. The van der Waals surface area contributed by atoms with Crippen molar-refractivity contribution in [2.24, 2.45) is 0 Å². The Balaban J connectivity index is 1.50. The zero-order valence-electron chi connectivity index (χ0n) is 23.9. The van der Waals surface area contributed by atoms with E-state index in [0.29, 0.717) is 48.6 Å². The van der Waals surface area contributed by atoms with Gasteiger partial charge >= 0.3 is 0 Å². The van der Waals surface area contributed by atoms with E-state index in [2.05, 4.69) is 15.2 Å². The van der Waals surface area contributed by atoms with Crippen molar-refractivity contribution in [2.75, 3.05) is 70.8 Å². The number of amides is 2. The Bertz CT molecular complexity index is 1670. The number of ether oxygens (including phenoxy) is 1. The summed E-state index contributed by atoms with van der Waals surface area (Å²) in [5, 5.41) is 15.3. The van der Waals surface area contributed by atoms with Gasteiger partial charge in [0.25, 0.3) is 11.8 Å². The topological polar surface area (TPSA) is 106 Å². The van der Waals surface area contributed by atoms with E-state index in [1.165, 1.54) is 0 Å². The average molecular weight is 557 g/mol. The van der Waals surface area contributed by atoms with Gasteiger partial charge in [0.1, 0.15) is 0 Å². The number of rotatable bonds is 8. The van der Waals surface area contributed by atoms with E-state index in [1.807, 2.05) is 85.2 Å². The number of benzene rings is 2. The maximum Gasteiger partial charge on any atom is 0.259 e. The molecular formula is C31H36N6O4. The van der Waals surface area contributed by atoms with Crippen molar-refractivity contribution in [3.8, 4) is 0 Å². The molecule has 0 radical (unpaired) electrons. The third kappa shape index (κ3) is 4.99. The van der Waals surface area contributed by atoms with Crippen molar-refractivity contribution < 1.29 is 19.4 Å². The van der Waals surface area contributed by atoms with Crippen molar-refractivity contribution in [1.82, 2.24) is 19.8 Å². The highest BCUT2D eigenvalue weighted by Gasteiger charge is 2.35. The van der Waals surface area contributed by atoms with Gasteiger partial charge in [0.2, 0.25) is 0 Å². The molecule has 2 aromatic heterocycles. The van der Waals surface area contributed by atoms with Crippen molar-refractivity contribution >= 4 is 56.1 Å². The van der Waals surface area contributed by atoms with Crippen LogP contribution in [0.2, 0.25) is 0 Å². The maximum atomic E-state index is 13.5. The summed E-state index contributed by atoms with van der Waals surface area (Å²) in [5.41, 5.74) is 5.77. The summed E-state index contributed by atoms with van der Waals surface area (Å²) in [7, 11) is 7.87. The van der Waals surface area contributed by atoms with Crippen molar-refractivity contribution in [1.29, 1.82) is 0 Å². The largest absolute Gasteiger partial charge is 0.390 e. The Labute approximate surface area is 238 Å². The normalized spacial score (nSPS) is 17.1. The zero-order chi connectivity index (χ0) is 28.8. The Morgan fingerprint density at radius 2 is 1.51 bits per heavy atom. The van der Waals surface area contributed by atoms with Crippen LogP contribution in [0.3, 0.4) is 0 Å². The second-order valence-electron chi connectivity index (χ2n) is 11.2. The molecule has 0 spiro atoms. The Hall–Kier alpha value is -4.12. The van der Waals surface area contributed by atoms with Gasteiger partial charge in [0.15, 0.2) is 0 Å². The van der Waals surface area contributed by atoms with Crippen LogP contribution in [0.5, 0.6) is 0 Å². The number of β-amino-alcohol motifs (C(OH)–C–C–N with tert-alkyl or cyclic N) is 1. The lowest BCUT2D eigenvalue weighted by Gasteiger charge is -2.28. The molecule has 0 bridgehead atoms. The number of aliphatic hydroxyl groups is 1. The second kappa shape index (κ2) is 10.7. The van der Waals surface area contributed by atoms with E-state index < -0.39 is 17.9 Å². The molecule has 10 heteroatoms. The Kier molecular flexibility index (Phi) is 7.06. The molecule has 214 valence electrons.